The zero-order valence-electron chi connectivity index (χ0n) is 6.66. The van der Waals surface area contributed by atoms with Gasteiger partial charge in [0.2, 0.25) is 0 Å². The topological polar surface area (TPSA) is 35.0 Å². The Hall–Kier alpha value is -1.12. The number of hydrogen-bond donors (Lipinski definition) is 0. The molecule has 3 heteroatoms. The minimum absolute atomic E-state index is 0.751. The molecule has 3 nitrogen and oxygen atoms in total. The molecule has 1 heterocycles. The Labute approximate surface area is 66.4 Å². The highest BCUT2D eigenvalue weighted by Crippen LogP contribution is 2.04. The van der Waals surface area contributed by atoms with Crippen molar-refractivity contribution in [2.75, 3.05) is 6.61 Å². The molecule has 0 aliphatic carbocycles. The Morgan fingerprint density at radius 1 is 1.36 bits per heavy atom. The van der Waals surface area contributed by atoms with Gasteiger partial charge in [0, 0.05) is 0 Å². The van der Waals surface area contributed by atoms with Crippen molar-refractivity contribution in [3.8, 4) is 5.75 Å². The molecule has 0 aliphatic rings. The molecule has 0 saturated carbocycles. The molecule has 11 heavy (non-hydrogen) atoms. The predicted octanol–water partition coefficient (Wildman–Crippen LogP) is 1.66. The second-order valence-corrected chi connectivity index (χ2v) is 2.28. The van der Waals surface area contributed by atoms with Crippen LogP contribution in [0.4, 0.5) is 0 Å². The highest BCUT2D eigenvalue weighted by Gasteiger charge is 1.90. The second kappa shape index (κ2) is 4.66. The van der Waals surface area contributed by atoms with Gasteiger partial charge in [0.1, 0.15) is 6.33 Å². The molecular weight excluding hydrogens is 140 g/mol. The lowest BCUT2D eigenvalue weighted by molar-refractivity contribution is 0.307. The van der Waals surface area contributed by atoms with Gasteiger partial charge >= 0.3 is 0 Å². The van der Waals surface area contributed by atoms with E-state index in [0.29, 0.717) is 0 Å². The standard InChI is InChI=1S/C8H12N2O/c1-2-3-4-11-8-5-9-7-10-6-8/h5-7H,2-4H2,1H3. The molecule has 0 atom stereocenters. The first-order valence-corrected chi connectivity index (χ1v) is 3.81. The molecule has 0 bridgehead atoms. The van der Waals surface area contributed by atoms with E-state index >= 15 is 0 Å². The minimum Gasteiger partial charge on any atom is -0.490 e. The van der Waals surface area contributed by atoms with Crippen LogP contribution < -0.4 is 4.74 Å². The third-order valence-electron chi connectivity index (χ3n) is 1.30. The van der Waals surface area contributed by atoms with Crippen molar-refractivity contribution in [1.82, 2.24) is 9.97 Å². The molecule has 60 valence electrons. The van der Waals surface area contributed by atoms with Crippen molar-refractivity contribution < 1.29 is 4.74 Å². The molecule has 1 rings (SSSR count). The zero-order chi connectivity index (χ0) is 7.94. The molecule has 0 spiro atoms. The van der Waals surface area contributed by atoms with E-state index in [1.54, 1.807) is 12.4 Å². The molecular formula is C8H12N2O. The fraction of sp³-hybridized carbons (Fsp3) is 0.500. The Bertz CT molecular complexity index is 189. The molecule has 0 fully saturated rings. The van der Waals surface area contributed by atoms with Crippen molar-refractivity contribution in [2.24, 2.45) is 0 Å². The number of hydrogen-bond acceptors (Lipinski definition) is 3. The molecule has 1 aromatic heterocycles. The van der Waals surface area contributed by atoms with E-state index < -0.39 is 0 Å². The summed E-state index contributed by atoms with van der Waals surface area (Å²) in [5.74, 6) is 0.751. The summed E-state index contributed by atoms with van der Waals surface area (Å²) < 4.78 is 5.32. The number of rotatable bonds is 4. The molecule has 0 aromatic carbocycles. The van der Waals surface area contributed by atoms with Crippen LogP contribution in [-0.4, -0.2) is 16.6 Å². The summed E-state index contributed by atoms with van der Waals surface area (Å²) in [4.78, 5) is 7.65. The van der Waals surface area contributed by atoms with E-state index in [4.69, 9.17) is 4.74 Å². The number of nitrogens with zero attached hydrogens (tertiary/aromatic N) is 2. The molecule has 0 unspecified atom stereocenters. The number of ether oxygens (including phenoxy) is 1. The first-order valence-electron chi connectivity index (χ1n) is 3.81. The van der Waals surface area contributed by atoms with Gasteiger partial charge in [-0.25, -0.2) is 9.97 Å². The molecule has 0 radical (unpaired) electrons. The molecule has 1 aromatic rings. The normalized spacial score (nSPS) is 9.55. The van der Waals surface area contributed by atoms with E-state index in [0.717, 1.165) is 25.2 Å². The van der Waals surface area contributed by atoms with Crippen molar-refractivity contribution in [2.45, 2.75) is 19.8 Å². The van der Waals surface area contributed by atoms with Gasteiger partial charge in [-0.05, 0) is 6.42 Å². The van der Waals surface area contributed by atoms with Gasteiger partial charge in [-0.2, -0.15) is 0 Å². The summed E-state index contributed by atoms with van der Waals surface area (Å²) in [7, 11) is 0. The first kappa shape index (κ1) is 7.98. The van der Waals surface area contributed by atoms with Gasteiger partial charge in [-0.15, -0.1) is 0 Å². The van der Waals surface area contributed by atoms with Crippen LogP contribution in [-0.2, 0) is 0 Å². The van der Waals surface area contributed by atoms with Crippen LogP contribution >= 0.6 is 0 Å². The molecule has 0 saturated heterocycles. The van der Waals surface area contributed by atoms with Gasteiger partial charge in [0.05, 0.1) is 19.0 Å². The Morgan fingerprint density at radius 3 is 2.73 bits per heavy atom. The summed E-state index contributed by atoms with van der Waals surface area (Å²) in [5, 5.41) is 0. The Balaban J connectivity index is 2.28. The van der Waals surface area contributed by atoms with Crippen molar-refractivity contribution >= 4 is 0 Å². The Kier molecular flexibility index (Phi) is 3.38. The maximum absolute atomic E-state index is 5.32. The fourth-order valence-electron chi connectivity index (χ4n) is 0.694. The highest BCUT2D eigenvalue weighted by atomic mass is 16.5. The SMILES string of the molecule is CCCCOc1cncnc1. The van der Waals surface area contributed by atoms with Crippen LogP contribution in [0, 0.1) is 0 Å². The summed E-state index contributed by atoms with van der Waals surface area (Å²) in [6.45, 7) is 2.88. The zero-order valence-corrected chi connectivity index (χ0v) is 6.66. The van der Waals surface area contributed by atoms with Gasteiger partial charge in [-0.1, -0.05) is 13.3 Å². The number of unbranched alkanes of at least 4 members (excludes halogenated alkanes) is 1. The van der Waals surface area contributed by atoms with E-state index in [1.165, 1.54) is 6.33 Å². The lowest BCUT2D eigenvalue weighted by Crippen LogP contribution is -1.96. The lowest BCUT2D eigenvalue weighted by Gasteiger charge is -2.01. The largest absolute Gasteiger partial charge is 0.490 e. The molecule has 0 amide bonds. The first-order chi connectivity index (χ1) is 5.43. The summed E-state index contributed by atoms with van der Waals surface area (Å²) in [6, 6.07) is 0. The van der Waals surface area contributed by atoms with E-state index in [-0.39, 0.29) is 0 Å². The smallest absolute Gasteiger partial charge is 0.155 e. The van der Waals surface area contributed by atoms with Crippen LogP contribution in [0.15, 0.2) is 18.7 Å². The van der Waals surface area contributed by atoms with Crippen LogP contribution in [0.2, 0.25) is 0 Å². The Morgan fingerprint density at radius 2 is 2.09 bits per heavy atom. The monoisotopic (exact) mass is 152 g/mol. The number of aromatic nitrogens is 2. The molecule has 0 aliphatic heterocycles. The third-order valence-corrected chi connectivity index (χ3v) is 1.30. The highest BCUT2D eigenvalue weighted by molar-refractivity contribution is 5.09. The minimum atomic E-state index is 0.751. The van der Waals surface area contributed by atoms with Crippen molar-refractivity contribution in [3.05, 3.63) is 18.7 Å². The summed E-state index contributed by atoms with van der Waals surface area (Å²) in [6.07, 6.45) is 7.06. The summed E-state index contributed by atoms with van der Waals surface area (Å²) >= 11 is 0. The van der Waals surface area contributed by atoms with Crippen molar-refractivity contribution in [1.29, 1.82) is 0 Å². The van der Waals surface area contributed by atoms with Crippen LogP contribution in [0.1, 0.15) is 19.8 Å². The average molecular weight is 152 g/mol. The van der Waals surface area contributed by atoms with Gasteiger partial charge < -0.3 is 4.74 Å². The average Bonchev–Trinajstić information content (AvgIpc) is 2.07. The quantitative estimate of drug-likeness (QED) is 0.615. The van der Waals surface area contributed by atoms with Crippen LogP contribution in [0.5, 0.6) is 5.75 Å². The van der Waals surface area contributed by atoms with Gasteiger partial charge in [-0.3, -0.25) is 0 Å². The fourth-order valence-corrected chi connectivity index (χ4v) is 0.694. The molecule has 0 N–H and O–H groups in total. The van der Waals surface area contributed by atoms with E-state index in [1.807, 2.05) is 0 Å². The lowest BCUT2D eigenvalue weighted by atomic mass is 10.4. The van der Waals surface area contributed by atoms with Gasteiger partial charge in [0.15, 0.2) is 5.75 Å². The van der Waals surface area contributed by atoms with E-state index in [2.05, 4.69) is 16.9 Å². The summed E-state index contributed by atoms with van der Waals surface area (Å²) in [5.41, 5.74) is 0. The van der Waals surface area contributed by atoms with Gasteiger partial charge in [0.25, 0.3) is 0 Å². The van der Waals surface area contributed by atoms with Crippen LogP contribution in [0.3, 0.4) is 0 Å². The second-order valence-electron chi connectivity index (χ2n) is 2.28. The third kappa shape index (κ3) is 2.98. The van der Waals surface area contributed by atoms with Crippen molar-refractivity contribution in [3.63, 3.8) is 0 Å². The van der Waals surface area contributed by atoms with E-state index in [9.17, 15) is 0 Å². The maximum atomic E-state index is 5.32. The van der Waals surface area contributed by atoms with Crippen LogP contribution in [0.25, 0.3) is 0 Å². The maximum Gasteiger partial charge on any atom is 0.155 e. The predicted molar refractivity (Wildman–Crippen MR) is 42.4 cm³/mol.